The Morgan fingerprint density at radius 2 is 2.13 bits per heavy atom. The summed E-state index contributed by atoms with van der Waals surface area (Å²) in [6, 6.07) is 7.63. The standard InChI is InChI=1S/C11H12INO2/c12-9-6-1-2-7-10(9)13-11(14)15-8-4-3-5-8/h1-2,6-8H,3-5H2,(H,13,14). The molecule has 0 radical (unpaired) electrons. The van der Waals surface area contributed by atoms with Crippen molar-refractivity contribution in [1.29, 1.82) is 0 Å². The average Bonchev–Trinajstić information content (AvgIpc) is 2.16. The first kappa shape index (κ1) is 10.7. The molecule has 0 aromatic heterocycles. The number of halogens is 1. The van der Waals surface area contributed by atoms with E-state index in [1.54, 1.807) is 0 Å². The number of hydrogen-bond donors (Lipinski definition) is 1. The van der Waals surface area contributed by atoms with Gasteiger partial charge in [0.1, 0.15) is 6.10 Å². The van der Waals surface area contributed by atoms with E-state index in [0.717, 1.165) is 22.1 Å². The van der Waals surface area contributed by atoms with Crippen LogP contribution < -0.4 is 5.32 Å². The summed E-state index contributed by atoms with van der Waals surface area (Å²) in [5.41, 5.74) is 0.808. The van der Waals surface area contributed by atoms with Crippen LogP contribution in [0, 0.1) is 3.57 Å². The number of carbonyl (C=O) groups is 1. The molecule has 0 bridgehead atoms. The highest BCUT2D eigenvalue weighted by Gasteiger charge is 2.21. The second kappa shape index (κ2) is 4.83. The van der Waals surface area contributed by atoms with Crippen LogP contribution in [0.5, 0.6) is 0 Å². The summed E-state index contributed by atoms with van der Waals surface area (Å²) in [6.45, 7) is 0. The molecule has 0 heterocycles. The van der Waals surface area contributed by atoms with Gasteiger partial charge >= 0.3 is 6.09 Å². The normalized spacial score (nSPS) is 15.5. The fourth-order valence-corrected chi connectivity index (χ4v) is 1.86. The Morgan fingerprint density at radius 3 is 2.73 bits per heavy atom. The van der Waals surface area contributed by atoms with Crippen LogP contribution in [0.15, 0.2) is 24.3 Å². The molecule has 1 fully saturated rings. The minimum Gasteiger partial charge on any atom is -0.446 e. The zero-order chi connectivity index (χ0) is 10.7. The summed E-state index contributed by atoms with van der Waals surface area (Å²) in [4.78, 5) is 11.4. The minimum absolute atomic E-state index is 0.131. The van der Waals surface area contributed by atoms with Crippen LogP contribution in [-0.2, 0) is 4.74 Å². The van der Waals surface area contributed by atoms with Crippen LogP contribution >= 0.6 is 22.6 Å². The Kier molecular flexibility index (Phi) is 3.45. The largest absolute Gasteiger partial charge is 0.446 e. The average molecular weight is 317 g/mol. The molecule has 1 amide bonds. The maximum Gasteiger partial charge on any atom is 0.411 e. The molecular weight excluding hydrogens is 305 g/mol. The van der Waals surface area contributed by atoms with Crippen molar-refractivity contribution < 1.29 is 9.53 Å². The Labute approximate surface area is 102 Å². The number of amides is 1. The topological polar surface area (TPSA) is 38.3 Å². The van der Waals surface area contributed by atoms with Crippen LogP contribution in [0.3, 0.4) is 0 Å². The molecule has 1 aliphatic carbocycles. The Morgan fingerprint density at radius 1 is 1.40 bits per heavy atom. The first-order valence-corrected chi connectivity index (χ1v) is 6.06. The van der Waals surface area contributed by atoms with E-state index in [4.69, 9.17) is 4.74 Å². The van der Waals surface area contributed by atoms with Gasteiger partial charge in [-0.1, -0.05) is 12.1 Å². The highest BCUT2D eigenvalue weighted by Crippen LogP contribution is 2.23. The van der Waals surface area contributed by atoms with E-state index in [-0.39, 0.29) is 12.2 Å². The van der Waals surface area contributed by atoms with E-state index in [9.17, 15) is 4.79 Å². The first-order chi connectivity index (χ1) is 7.25. The molecule has 80 valence electrons. The molecule has 3 nitrogen and oxygen atoms in total. The zero-order valence-corrected chi connectivity index (χ0v) is 10.4. The van der Waals surface area contributed by atoms with Crippen LogP contribution in [0.2, 0.25) is 0 Å². The molecular formula is C11H12INO2. The third-order valence-corrected chi connectivity index (χ3v) is 3.38. The molecule has 0 saturated heterocycles. The van der Waals surface area contributed by atoms with Gasteiger partial charge in [-0.3, -0.25) is 5.32 Å². The van der Waals surface area contributed by atoms with Crippen molar-refractivity contribution in [2.75, 3.05) is 5.32 Å². The predicted molar refractivity (Wildman–Crippen MR) is 66.9 cm³/mol. The van der Waals surface area contributed by atoms with E-state index in [1.807, 2.05) is 24.3 Å². The van der Waals surface area contributed by atoms with Gasteiger partial charge in [-0.25, -0.2) is 4.79 Å². The van der Waals surface area contributed by atoms with E-state index in [0.29, 0.717) is 0 Å². The molecule has 4 heteroatoms. The predicted octanol–water partition coefficient (Wildman–Crippen LogP) is 3.39. The van der Waals surface area contributed by atoms with Gasteiger partial charge in [0, 0.05) is 3.57 Å². The van der Waals surface area contributed by atoms with E-state index in [2.05, 4.69) is 27.9 Å². The molecule has 0 aliphatic heterocycles. The zero-order valence-electron chi connectivity index (χ0n) is 8.20. The van der Waals surface area contributed by atoms with Crippen molar-refractivity contribution in [3.05, 3.63) is 27.8 Å². The fraction of sp³-hybridized carbons (Fsp3) is 0.364. The maximum atomic E-state index is 11.4. The molecule has 1 N–H and O–H groups in total. The molecule has 0 spiro atoms. The number of benzene rings is 1. The second-order valence-electron chi connectivity index (χ2n) is 3.56. The lowest BCUT2D eigenvalue weighted by Gasteiger charge is -2.25. The number of anilines is 1. The smallest absolute Gasteiger partial charge is 0.411 e. The summed E-state index contributed by atoms with van der Waals surface area (Å²) in [7, 11) is 0. The van der Waals surface area contributed by atoms with Crippen LogP contribution in [-0.4, -0.2) is 12.2 Å². The number of para-hydroxylation sites is 1. The highest BCUT2D eigenvalue weighted by molar-refractivity contribution is 14.1. The summed E-state index contributed by atoms with van der Waals surface area (Å²) in [5, 5.41) is 2.74. The fourth-order valence-electron chi connectivity index (χ4n) is 1.34. The molecule has 1 aromatic carbocycles. The van der Waals surface area contributed by atoms with Crippen LogP contribution in [0.1, 0.15) is 19.3 Å². The second-order valence-corrected chi connectivity index (χ2v) is 4.73. The van der Waals surface area contributed by atoms with Crippen molar-refractivity contribution in [2.24, 2.45) is 0 Å². The van der Waals surface area contributed by atoms with E-state index >= 15 is 0 Å². The van der Waals surface area contributed by atoms with Gasteiger partial charge in [0.05, 0.1) is 5.69 Å². The molecule has 1 aliphatic rings. The number of rotatable bonds is 2. The third kappa shape index (κ3) is 2.84. The van der Waals surface area contributed by atoms with Crippen molar-refractivity contribution >= 4 is 34.4 Å². The highest BCUT2D eigenvalue weighted by atomic mass is 127. The maximum absolute atomic E-state index is 11.4. The van der Waals surface area contributed by atoms with E-state index < -0.39 is 0 Å². The van der Waals surface area contributed by atoms with Gasteiger partial charge in [-0.15, -0.1) is 0 Å². The van der Waals surface area contributed by atoms with Crippen LogP contribution in [0.4, 0.5) is 10.5 Å². The summed E-state index contributed by atoms with van der Waals surface area (Å²) < 4.78 is 6.21. The van der Waals surface area contributed by atoms with Crippen molar-refractivity contribution in [1.82, 2.24) is 0 Å². The van der Waals surface area contributed by atoms with Gasteiger partial charge in [-0.05, 0) is 54.0 Å². The van der Waals surface area contributed by atoms with E-state index in [1.165, 1.54) is 6.42 Å². The van der Waals surface area contributed by atoms with Crippen molar-refractivity contribution in [3.63, 3.8) is 0 Å². The lowest BCUT2D eigenvalue weighted by Crippen LogP contribution is -2.27. The molecule has 0 unspecified atom stereocenters. The Bertz CT molecular complexity index is 363. The number of hydrogen-bond acceptors (Lipinski definition) is 2. The quantitative estimate of drug-likeness (QED) is 0.849. The molecule has 1 aromatic rings. The van der Waals surface area contributed by atoms with Gasteiger partial charge in [0.25, 0.3) is 0 Å². The minimum atomic E-state index is -0.344. The molecule has 2 rings (SSSR count). The molecule has 15 heavy (non-hydrogen) atoms. The third-order valence-electron chi connectivity index (χ3n) is 2.44. The summed E-state index contributed by atoms with van der Waals surface area (Å²) in [5.74, 6) is 0. The van der Waals surface area contributed by atoms with Gasteiger partial charge < -0.3 is 4.74 Å². The summed E-state index contributed by atoms with van der Waals surface area (Å²) in [6.07, 6.45) is 2.95. The lowest BCUT2D eigenvalue weighted by atomic mass is 9.96. The van der Waals surface area contributed by atoms with Gasteiger partial charge in [-0.2, -0.15) is 0 Å². The molecule has 0 atom stereocenters. The summed E-state index contributed by atoms with van der Waals surface area (Å²) >= 11 is 2.18. The number of ether oxygens (including phenoxy) is 1. The number of carbonyl (C=O) groups excluding carboxylic acids is 1. The van der Waals surface area contributed by atoms with Crippen LogP contribution in [0.25, 0.3) is 0 Å². The SMILES string of the molecule is O=C(Nc1ccccc1I)OC1CCC1. The molecule has 1 saturated carbocycles. The van der Waals surface area contributed by atoms with Gasteiger partial charge in [0.2, 0.25) is 0 Å². The number of nitrogens with one attached hydrogen (secondary N) is 1. The van der Waals surface area contributed by atoms with Crippen molar-refractivity contribution in [3.8, 4) is 0 Å². The monoisotopic (exact) mass is 317 g/mol. The Hall–Kier alpha value is -0.780. The van der Waals surface area contributed by atoms with Gasteiger partial charge in [0.15, 0.2) is 0 Å². The first-order valence-electron chi connectivity index (χ1n) is 4.98. The Balaban J connectivity index is 1.90. The van der Waals surface area contributed by atoms with Crippen molar-refractivity contribution in [2.45, 2.75) is 25.4 Å². The lowest BCUT2D eigenvalue weighted by molar-refractivity contribution is 0.0624.